The van der Waals surface area contributed by atoms with E-state index in [2.05, 4.69) is 42.3 Å². The third kappa shape index (κ3) is 2.99. The van der Waals surface area contributed by atoms with E-state index in [9.17, 15) is 4.79 Å². The van der Waals surface area contributed by atoms with Crippen LogP contribution in [0.5, 0.6) is 0 Å². The molecule has 0 bridgehead atoms. The van der Waals surface area contributed by atoms with Crippen molar-refractivity contribution in [3.8, 4) is 0 Å². The Balaban J connectivity index is 1.72. The van der Waals surface area contributed by atoms with Crippen molar-refractivity contribution in [2.45, 2.75) is 33.2 Å². The van der Waals surface area contributed by atoms with E-state index in [4.69, 9.17) is 10.5 Å². The first-order valence-electron chi connectivity index (χ1n) is 8.20. The van der Waals surface area contributed by atoms with Crippen molar-refractivity contribution in [1.29, 1.82) is 0 Å². The van der Waals surface area contributed by atoms with Gasteiger partial charge in [-0.05, 0) is 49.9 Å². The maximum absolute atomic E-state index is 12.6. The lowest BCUT2D eigenvalue weighted by Gasteiger charge is -2.34. The molecule has 2 heterocycles. The summed E-state index contributed by atoms with van der Waals surface area (Å²) in [6.45, 7) is 6.31. The highest BCUT2D eigenvalue weighted by Crippen LogP contribution is 2.29. The summed E-state index contributed by atoms with van der Waals surface area (Å²) in [6, 6.07) is 6.27. The first-order chi connectivity index (χ1) is 11.1. The molecule has 4 N–H and O–H groups in total. The number of aryl methyl sites for hydroxylation is 2. The van der Waals surface area contributed by atoms with Crippen LogP contribution in [0.2, 0.25) is 0 Å². The molecule has 0 spiro atoms. The lowest BCUT2D eigenvalue weighted by molar-refractivity contribution is -0.136. The molecule has 2 aromatic rings. The molecular weight excluding hydrogens is 290 g/mol. The van der Waals surface area contributed by atoms with Gasteiger partial charge in [0.25, 0.3) is 0 Å². The fourth-order valence-electron chi connectivity index (χ4n) is 3.27. The van der Waals surface area contributed by atoms with Crippen LogP contribution in [0.1, 0.15) is 29.7 Å². The molecule has 5 heteroatoms. The third-order valence-corrected chi connectivity index (χ3v) is 5.15. The zero-order valence-corrected chi connectivity index (χ0v) is 13.9. The molecular formula is C18H25N3O2. The number of amides is 1. The standard InChI is InChI=1S/C18H25N3O2/c1-12-13(2)21-16-4-3-14(9-15(12)16)10-20-17(22)18(11-19)5-7-23-8-6-18/h3-4,9,21H,5-8,10-11,19H2,1-2H3,(H,20,22). The van der Waals surface area contributed by atoms with Gasteiger partial charge >= 0.3 is 0 Å². The fourth-order valence-corrected chi connectivity index (χ4v) is 3.27. The van der Waals surface area contributed by atoms with E-state index in [0.717, 1.165) is 11.1 Å². The molecule has 5 nitrogen and oxygen atoms in total. The minimum absolute atomic E-state index is 0.0466. The van der Waals surface area contributed by atoms with Crippen molar-refractivity contribution >= 4 is 16.8 Å². The van der Waals surface area contributed by atoms with Gasteiger partial charge in [0, 0.05) is 42.9 Å². The highest BCUT2D eigenvalue weighted by atomic mass is 16.5. The van der Waals surface area contributed by atoms with E-state index in [1.54, 1.807) is 0 Å². The van der Waals surface area contributed by atoms with Gasteiger partial charge in [0.15, 0.2) is 0 Å². The Morgan fingerprint density at radius 2 is 2.09 bits per heavy atom. The van der Waals surface area contributed by atoms with E-state index in [1.807, 2.05) is 0 Å². The highest BCUT2D eigenvalue weighted by Gasteiger charge is 2.38. The largest absolute Gasteiger partial charge is 0.381 e. The number of benzene rings is 1. The Hall–Kier alpha value is -1.85. The van der Waals surface area contributed by atoms with Crippen LogP contribution in [-0.2, 0) is 16.1 Å². The number of hydrogen-bond donors (Lipinski definition) is 3. The maximum Gasteiger partial charge on any atom is 0.227 e. The Bertz CT molecular complexity index is 714. The summed E-state index contributed by atoms with van der Waals surface area (Å²) in [7, 11) is 0. The van der Waals surface area contributed by atoms with E-state index in [1.165, 1.54) is 16.6 Å². The zero-order chi connectivity index (χ0) is 16.4. The van der Waals surface area contributed by atoms with E-state index in [-0.39, 0.29) is 5.91 Å². The Kier molecular flexibility index (Phi) is 4.41. The Morgan fingerprint density at radius 1 is 1.35 bits per heavy atom. The fraction of sp³-hybridized carbons (Fsp3) is 0.500. The van der Waals surface area contributed by atoms with Gasteiger partial charge in [-0.3, -0.25) is 4.79 Å². The van der Waals surface area contributed by atoms with Gasteiger partial charge < -0.3 is 20.8 Å². The lowest BCUT2D eigenvalue weighted by Crippen LogP contribution is -2.48. The van der Waals surface area contributed by atoms with Gasteiger partial charge in [0.1, 0.15) is 0 Å². The van der Waals surface area contributed by atoms with Crippen LogP contribution >= 0.6 is 0 Å². The molecule has 1 fully saturated rings. The Labute approximate surface area is 136 Å². The van der Waals surface area contributed by atoms with E-state index in [0.29, 0.717) is 39.1 Å². The average molecular weight is 315 g/mol. The molecule has 1 amide bonds. The number of fused-ring (bicyclic) bond motifs is 1. The van der Waals surface area contributed by atoms with Crippen LogP contribution in [-0.4, -0.2) is 30.6 Å². The number of hydrogen-bond acceptors (Lipinski definition) is 3. The van der Waals surface area contributed by atoms with E-state index < -0.39 is 5.41 Å². The Morgan fingerprint density at radius 3 is 2.78 bits per heavy atom. The summed E-state index contributed by atoms with van der Waals surface area (Å²) in [5, 5.41) is 4.28. The molecule has 1 saturated heterocycles. The number of nitrogens with one attached hydrogen (secondary N) is 2. The van der Waals surface area contributed by atoms with Crippen LogP contribution in [0, 0.1) is 19.3 Å². The monoisotopic (exact) mass is 315 g/mol. The molecule has 0 unspecified atom stereocenters. The van der Waals surface area contributed by atoms with Crippen LogP contribution in [0.25, 0.3) is 10.9 Å². The van der Waals surface area contributed by atoms with Crippen molar-refractivity contribution in [3.63, 3.8) is 0 Å². The quantitative estimate of drug-likeness (QED) is 0.809. The van der Waals surface area contributed by atoms with Gasteiger partial charge in [-0.1, -0.05) is 6.07 Å². The number of carbonyl (C=O) groups is 1. The van der Waals surface area contributed by atoms with Crippen molar-refractivity contribution in [2.75, 3.05) is 19.8 Å². The molecule has 0 atom stereocenters. The topological polar surface area (TPSA) is 80.1 Å². The van der Waals surface area contributed by atoms with Crippen molar-refractivity contribution in [1.82, 2.24) is 10.3 Å². The normalized spacial score (nSPS) is 17.3. The second-order valence-corrected chi connectivity index (χ2v) is 6.53. The molecule has 1 aliphatic heterocycles. The van der Waals surface area contributed by atoms with Gasteiger partial charge in [0.05, 0.1) is 5.41 Å². The van der Waals surface area contributed by atoms with Crippen molar-refractivity contribution in [2.24, 2.45) is 11.1 Å². The van der Waals surface area contributed by atoms with Crippen LogP contribution in [0.3, 0.4) is 0 Å². The maximum atomic E-state index is 12.6. The first-order valence-corrected chi connectivity index (χ1v) is 8.20. The molecule has 23 heavy (non-hydrogen) atoms. The van der Waals surface area contributed by atoms with Crippen molar-refractivity contribution in [3.05, 3.63) is 35.0 Å². The summed E-state index contributed by atoms with van der Waals surface area (Å²) in [5.41, 5.74) is 10.1. The predicted octanol–water partition coefficient (Wildman–Crippen LogP) is 2.16. The minimum Gasteiger partial charge on any atom is -0.381 e. The molecule has 3 rings (SSSR count). The second kappa shape index (κ2) is 6.34. The predicted molar refractivity (Wildman–Crippen MR) is 91.2 cm³/mol. The number of ether oxygens (including phenoxy) is 1. The van der Waals surface area contributed by atoms with E-state index >= 15 is 0 Å². The number of rotatable bonds is 4. The summed E-state index contributed by atoms with van der Waals surface area (Å²) in [5.74, 6) is 0.0466. The summed E-state index contributed by atoms with van der Waals surface area (Å²) in [4.78, 5) is 16.0. The molecule has 0 radical (unpaired) electrons. The first kappa shape index (κ1) is 16.0. The summed E-state index contributed by atoms with van der Waals surface area (Å²) < 4.78 is 5.36. The number of carbonyl (C=O) groups excluding carboxylic acids is 1. The molecule has 1 aliphatic rings. The van der Waals surface area contributed by atoms with Gasteiger partial charge in [-0.15, -0.1) is 0 Å². The average Bonchev–Trinajstić information content (AvgIpc) is 2.87. The van der Waals surface area contributed by atoms with Crippen LogP contribution in [0.15, 0.2) is 18.2 Å². The van der Waals surface area contributed by atoms with Crippen LogP contribution in [0.4, 0.5) is 0 Å². The molecule has 1 aromatic heterocycles. The SMILES string of the molecule is Cc1[nH]c2ccc(CNC(=O)C3(CN)CCOCC3)cc2c1C. The highest BCUT2D eigenvalue weighted by molar-refractivity contribution is 5.85. The van der Waals surface area contributed by atoms with Crippen molar-refractivity contribution < 1.29 is 9.53 Å². The number of H-pyrrole nitrogens is 1. The zero-order valence-electron chi connectivity index (χ0n) is 13.9. The second-order valence-electron chi connectivity index (χ2n) is 6.53. The van der Waals surface area contributed by atoms with Gasteiger partial charge in [-0.2, -0.15) is 0 Å². The number of aromatic nitrogens is 1. The summed E-state index contributed by atoms with van der Waals surface area (Å²) in [6.07, 6.45) is 1.40. The molecule has 1 aromatic carbocycles. The summed E-state index contributed by atoms with van der Waals surface area (Å²) >= 11 is 0. The number of aromatic amines is 1. The van der Waals surface area contributed by atoms with Gasteiger partial charge in [0.2, 0.25) is 5.91 Å². The third-order valence-electron chi connectivity index (χ3n) is 5.15. The smallest absolute Gasteiger partial charge is 0.227 e. The molecule has 0 aliphatic carbocycles. The van der Waals surface area contributed by atoms with Crippen LogP contribution < -0.4 is 11.1 Å². The molecule has 124 valence electrons. The lowest BCUT2D eigenvalue weighted by atomic mass is 9.79. The minimum atomic E-state index is -0.469. The van der Waals surface area contributed by atoms with Gasteiger partial charge in [-0.25, -0.2) is 0 Å². The molecule has 0 saturated carbocycles. The number of nitrogens with two attached hydrogens (primary N) is 1.